The summed E-state index contributed by atoms with van der Waals surface area (Å²) in [6.07, 6.45) is 2.86. The van der Waals surface area contributed by atoms with Crippen LogP contribution < -0.4 is 9.47 Å². The van der Waals surface area contributed by atoms with E-state index in [-0.39, 0.29) is 12.5 Å². The van der Waals surface area contributed by atoms with Crippen LogP contribution in [-0.4, -0.2) is 63.9 Å². The molecule has 1 fully saturated rings. The zero-order valence-corrected chi connectivity index (χ0v) is 13.8. The van der Waals surface area contributed by atoms with E-state index in [0.717, 1.165) is 5.56 Å². The molecule has 1 amide bonds. The Bertz CT molecular complexity index is 607. The van der Waals surface area contributed by atoms with Crippen molar-refractivity contribution in [3.8, 4) is 11.5 Å². The third-order valence-electron chi connectivity index (χ3n) is 3.52. The molecule has 7 nitrogen and oxygen atoms in total. The fraction of sp³-hybridized carbons (Fsp3) is 0.412. The molecule has 1 aliphatic rings. The smallest absolute Gasteiger partial charge is 0.331 e. The summed E-state index contributed by atoms with van der Waals surface area (Å²) in [4.78, 5) is 25.2. The zero-order chi connectivity index (χ0) is 17.4. The van der Waals surface area contributed by atoms with Crippen LogP contribution in [0.4, 0.5) is 0 Å². The quantitative estimate of drug-likeness (QED) is 0.573. The number of amides is 1. The number of morpholine rings is 1. The van der Waals surface area contributed by atoms with E-state index in [4.69, 9.17) is 18.9 Å². The van der Waals surface area contributed by atoms with Gasteiger partial charge in [0, 0.05) is 19.2 Å². The average Bonchev–Trinajstić information content (AvgIpc) is 2.64. The molecule has 2 rings (SSSR count). The molecule has 1 aromatic carbocycles. The minimum absolute atomic E-state index is 0.217. The number of carbonyl (C=O) groups is 2. The Hall–Kier alpha value is -2.54. The molecule has 0 N–H and O–H groups in total. The Balaban J connectivity index is 1.85. The molecule has 24 heavy (non-hydrogen) atoms. The third-order valence-corrected chi connectivity index (χ3v) is 3.52. The molecule has 0 aliphatic carbocycles. The van der Waals surface area contributed by atoms with E-state index in [9.17, 15) is 9.59 Å². The normalized spacial score (nSPS) is 14.5. The lowest BCUT2D eigenvalue weighted by molar-refractivity contribution is -0.150. The maximum Gasteiger partial charge on any atom is 0.331 e. The van der Waals surface area contributed by atoms with Crippen molar-refractivity contribution >= 4 is 18.0 Å². The number of hydrogen-bond donors (Lipinski definition) is 0. The number of hydrogen-bond acceptors (Lipinski definition) is 6. The van der Waals surface area contributed by atoms with Crippen molar-refractivity contribution in [2.45, 2.75) is 0 Å². The van der Waals surface area contributed by atoms with Gasteiger partial charge in [0.25, 0.3) is 5.91 Å². The Morgan fingerprint density at radius 3 is 2.54 bits per heavy atom. The highest BCUT2D eigenvalue weighted by Gasteiger charge is 2.17. The van der Waals surface area contributed by atoms with Gasteiger partial charge in [0.2, 0.25) is 0 Å². The second-order valence-electron chi connectivity index (χ2n) is 5.05. The number of rotatable bonds is 6. The summed E-state index contributed by atoms with van der Waals surface area (Å²) in [7, 11) is 3.09. The molecule has 1 aromatic rings. The number of ether oxygens (including phenoxy) is 4. The van der Waals surface area contributed by atoms with Crippen LogP contribution in [0.3, 0.4) is 0 Å². The lowest BCUT2D eigenvalue weighted by Crippen LogP contribution is -2.42. The van der Waals surface area contributed by atoms with Crippen LogP contribution in [0.25, 0.3) is 6.08 Å². The summed E-state index contributed by atoms with van der Waals surface area (Å²) < 4.78 is 20.5. The van der Waals surface area contributed by atoms with Crippen LogP contribution in [0.1, 0.15) is 5.56 Å². The SMILES string of the molecule is COc1ccc(/C=C/C(=O)OCC(=O)N2CCOCC2)cc1OC. The standard InChI is InChI=1S/C17H21NO6/c1-21-14-5-3-13(11-15(14)22-2)4-6-17(20)24-12-16(19)18-7-9-23-10-8-18/h3-6,11H,7-10,12H2,1-2H3/b6-4+. The van der Waals surface area contributed by atoms with Crippen LogP contribution in [-0.2, 0) is 19.1 Å². The van der Waals surface area contributed by atoms with Gasteiger partial charge < -0.3 is 23.8 Å². The van der Waals surface area contributed by atoms with Gasteiger partial charge in [0.1, 0.15) is 0 Å². The minimum atomic E-state index is -0.577. The van der Waals surface area contributed by atoms with E-state index in [0.29, 0.717) is 37.8 Å². The Labute approximate surface area is 140 Å². The van der Waals surface area contributed by atoms with Crippen molar-refractivity contribution in [1.29, 1.82) is 0 Å². The molecule has 1 saturated heterocycles. The number of nitrogens with zero attached hydrogens (tertiary/aromatic N) is 1. The maximum absolute atomic E-state index is 11.9. The fourth-order valence-corrected chi connectivity index (χ4v) is 2.21. The highest BCUT2D eigenvalue weighted by Crippen LogP contribution is 2.27. The highest BCUT2D eigenvalue weighted by molar-refractivity contribution is 5.89. The van der Waals surface area contributed by atoms with Crippen molar-refractivity contribution in [3.05, 3.63) is 29.8 Å². The van der Waals surface area contributed by atoms with Gasteiger partial charge in [-0.05, 0) is 23.8 Å². The second-order valence-corrected chi connectivity index (χ2v) is 5.05. The monoisotopic (exact) mass is 335 g/mol. The molecule has 0 spiro atoms. The van der Waals surface area contributed by atoms with Crippen molar-refractivity contribution < 1.29 is 28.5 Å². The molecular weight excluding hydrogens is 314 g/mol. The van der Waals surface area contributed by atoms with Gasteiger partial charge in [-0.25, -0.2) is 4.79 Å². The van der Waals surface area contributed by atoms with Gasteiger partial charge in [-0.2, -0.15) is 0 Å². The first-order valence-electron chi connectivity index (χ1n) is 7.56. The summed E-state index contributed by atoms with van der Waals surface area (Å²) in [5.41, 5.74) is 0.754. The number of carbonyl (C=O) groups excluding carboxylic acids is 2. The van der Waals surface area contributed by atoms with Crippen molar-refractivity contribution in [2.75, 3.05) is 47.1 Å². The predicted octanol–water partition coefficient (Wildman–Crippen LogP) is 1.12. The molecule has 0 bridgehead atoms. The summed E-state index contributed by atoms with van der Waals surface area (Å²) in [6, 6.07) is 5.26. The molecule has 1 heterocycles. The summed E-state index contributed by atoms with van der Waals surface area (Å²) in [6.45, 7) is 1.81. The largest absolute Gasteiger partial charge is 0.493 e. The van der Waals surface area contributed by atoms with E-state index in [2.05, 4.69) is 0 Å². The van der Waals surface area contributed by atoms with Gasteiger partial charge in [-0.15, -0.1) is 0 Å². The van der Waals surface area contributed by atoms with Gasteiger partial charge in [-0.3, -0.25) is 4.79 Å². The minimum Gasteiger partial charge on any atom is -0.493 e. The summed E-state index contributed by atoms with van der Waals surface area (Å²) in [5, 5.41) is 0. The first-order chi connectivity index (χ1) is 11.6. The van der Waals surface area contributed by atoms with Crippen molar-refractivity contribution in [3.63, 3.8) is 0 Å². The molecule has 0 saturated carbocycles. The van der Waals surface area contributed by atoms with Crippen LogP contribution in [0.15, 0.2) is 24.3 Å². The Kier molecular flexibility index (Phi) is 6.62. The second kappa shape index (κ2) is 8.93. The molecule has 0 aromatic heterocycles. The lowest BCUT2D eigenvalue weighted by Gasteiger charge is -2.26. The first kappa shape index (κ1) is 17.8. The average molecular weight is 335 g/mol. The van der Waals surface area contributed by atoms with E-state index in [1.165, 1.54) is 13.2 Å². The third kappa shape index (κ3) is 4.99. The Morgan fingerprint density at radius 2 is 1.88 bits per heavy atom. The van der Waals surface area contributed by atoms with E-state index < -0.39 is 5.97 Å². The number of methoxy groups -OCH3 is 2. The van der Waals surface area contributed by atoms with Crippen LogP contribution in [0.2, 0.25) is 0 Å². The fourth-order valence-electron chi connectivity index (χ4n) is 2.21. The summed E-state index contributed by atoms with van der Waals surface area (Å²) in [5.74, 6) is 0.376. The zero-order valence-electron chi connectivity index (χ0n) is 13.8. The Morgan fingerprint density at radius 1 is 1.17 bits per heavy atom. The van der Waals surface area contributed by atoms with Crippen molar-refractivity contribution in [2.24, 2.45) is 0 Å². The predicted molar refractivity (Wildman–Crippen MR) is 86.9 cm³/mol. The van der Waals surface area contributed by atoms with Crippen LogP contribution in [0.5, 0.6) is 11.5 Å². The van der Waals surface area contributed by atoms with Gasteiger partial charge in [0.05, 0.1) is 27.4 Å². The molecule has 130 valence electrons. The van der Waals surface area contributed by atoms with Crippen molar-refractivity contribution in [1.82, 2.24) is 4.90 Å². The molecular formula is C17H21NO6. The van der Waals surface area contributed by atoms with Gasteiger partial charge >= 0.3 is 5.97 Å². The molecule has 0 atom stereocenters. The topological polar surface area (TPSA) is 74.3 Å². The van der Waals surface area contributed by atoms with Gasteiger partial charge in [-0.1, -0.05) is 6.07 Å². The first-order valence-corrected chi connectivity index (χ1v) is 7.56. The molecule has 0 unspecified atom stereocenters. The van der Waals surface area contributed by atoms with Crippen LogP contribution in [0, 0.1) is 0 Å². The molecule has 7 heteroatoms. The van der Waals surface area contributed by atoms with Gasteiger partial charge in [0.15, 0.2) is 18.1 Å². The lowest BCUT2D eigenvalue weighted by atomic mass is 10.2. The molecule has 1 aliphatic heterocycles. The number of esters is 1. The maximum atomic E-state index is 11.9. The van der Waals surface area contributed by atoms with Crippen LogP contribution >= 0.6 is 0 Å². The highest BCUT2D eigenvalue weighted by atomic mass is 16.5. The molecule has 0 radical (unpaired) electrons. The van der Waals surface area contributed by atoms with E-state index >= 15 is 0 Å². The summed E-state index contributed by atoms with van der Waals surface area (Å²) >= 11 is 0. The number of benzene rings is 1. The van der Waals surface area contributed by atoms with E-state index in [1.807, 2.05) is 0 Å². The van der Waals surface area contributed by atoms with E-state index in [1.54, 1.807) is 36.3 Å².